The number of benzene rings is 2. The largest absolute Gasteiger partial charge is 0.269 e. The number of rotatable bonds is 5. The molecule has 1 unspecified atom stereocenters. The van der Waals surface area contributed by atoms with Gasteiger partial charge in [-0.15, -0.1) is 0 Å². The summed E-state index contributed by atoms with van der Waals surface area (Å²) in [5.74, 6) is -2.08. The number of carbonyl (C=O) groups is 1. The van der Waals surface area contributed by atoms with E-state index in [1.54, 1.807) is 12.1 Å². The van der Waals surface area contributed by atoms with Crippen molar-refractivity contribution in [2.45, 2.75) is 0 Å². The summed E-state index contributed by atoms with van der Waals surface area (Å²) in [6, 6.07) is 11.1. The van der Waals surface area contributed by atoms with Crippen molar-refractivity contribution in [3.8, 4) is 12.1 Å². The average molecular weight is 383 g/mol. The Hall–Kier alpha value is -3.62. The molecule has 2 aromatic carbocycles. The number of nitriles is 2. The molecule has 5 nitrogen and oxygen atoms in total. The highest BCUT2D eigenvalue weighted by molar-refractivity contribution is 7.86. The van der Waals surface area contributed by atoms with Gasteiger partial charge in [-0.25, -0.2) is 13.0 Å². The van der Waals surface area contributed by atoms with Gasteiger partial charge in [-0.05, 0) is 36.4 Å². The van der Waals surface area contributed by atoms with Gasteiger partial charge in [0.25, 0.3) is 5.91 Å². The van der Waals surface area contributed by atoms with E-state index in [1.165, 1.54) is 36.4 Å². The van der Waals surface area contributed by atoms with E-state index in [2.05, 4.69) is 4.72 Å². The first-order valence-corrected chi connectivity index (χ1v) is 8.61. The molecule has 0 aromatic heterocycles. The van der Waals surface area contributed by atoms with Crippen molar-refractivity contribution in [3.63, 3.8) is 0 Å². The van der Waals surface area contributed by atoms with E-state index in [-0.39, 0.29) is 22.3 Å². The van der Waals surface area contributed by atoms with Gasteiger partial charge in [0.05, 0.1) is 23.3 Å². The Morgan fingerprint density at radius 3 is 1.96 bits per heavy atom. The van der Waals surface area contributed by atoms with Crippen molar-refractivity contribution in [3.05, 3.63) is 81.8 Å². The van der Waals surface area contributed by atoms with Crippen molar-refractivity contribution >= 4 is 29.0 Å². The maximum Gasteiger partial charge on any atom is 0.255 e. The van der Waals surface area contributed by atoms with Crippen molar-refractivity contribution in [1.29, 1.82) is 10.5 Å². The molecule has 0 saturated heterocycles. The minimum absolute atomic E-state index is 0.0881. The molecule has 0 saturated carbocycles. The molecule has 0 heterocycles. The van der Waals surface area contributed by atoms with Crippen LogP contribution in [-0.4, -0.2) is 10.1 Å². The molecule has 2 aromatic rings. The van der Waals surface area contributed by atoms with Crippen LogP contribution >= 0.6 is 0 Å². The van der Waals surface area contributed by atoms with E-state index in [0.717, 1.165) is 23.6 Å². The van der Waals surface area contributed by atoms with Gasteiger partial charge in [-0.3, -0.25) is 9.52 Å². The lowest BCUT2D eigenvalue weighted by molar-refractivity contribution is -0.114. The predicted molar refractivity (Wildman–Crippen MR) is 96.6 cm³/mol. The summed E-state index contributed by atoms with van der Waals surface area (Å²) >= 11 is 0. The summed E-state index contributed by atoms with van der Waals surface area (Å²) in [6.07, 6.45) is 3.36. The van der Waals surface area contributed by atoms with Crippen LogP contribution in [0.2, 0.25) is 0 Å². The second-order valence-electron chi connectivity index (χ2n) is 5.10. The first-order chi connectivity index (χ1) is 12.9. The van der Waals surface area contributed by atoms with Gasteiger partial charge in [0.1, 0.15) is 22.6 Å². The molecule has 0 aliphatic rings. The van der Waals surface area contributed by atoms with Gasteiger partial charge >= 0.3 is 0 Å². The molecule has 1 amide bonds. The zero-order valence-electron chi connectivity index (χ0n) is 13.6. The van der Waals surface area contributed by atoms with E-state index >= 15 is 0 Å². The Kier molecular flexibility index (Phi) is 6.70. The molecular weight excluding hydrogens is 372 g/mol. The Bertz CT molecular complexity index is 966. The Morgan fingerprint density at radius 1 is 0.963 bits per heavy atom. The summed E-state index contributed by atoms with van der Waals surface area (Å²) in [5.41, 5.74) is 0.492. The van der Waals surface area contributed by atoms with E-state index in [9.17, 15) is 17.8 Å². The minimum Gasteiger partial charge on any atom is -0.269 e. The molecular formula is C19H11F2N3O2S. The first kappa shape index (κ1) is 19.7. The molecule has 0 aliphatic carbocycles. The third kappa shape index (κ3) is 5.70. The van der Waals surface area contributed by atoms with Crippen molar-refractivity contribution in [1.82, 2.24) is 4.72 Å². The first-order valence-electron chi connectivity index (χ1n) is 7.39. The van der Waals surface area contributed by atoms with Crippen LogP contribution in [0.1, 0.15) is 22.3 Å². The fraction of sp³-hybridized carbons (Fsp3) is 0. The maximum atomic E-state index is 13.7. The van der Waals surface area contributed by atoms with Crippen LogP contribution in [0.4, 0.5) is 8.78 Å². The smallest absolute Gasteiger partial charge is 0.255 e. The Labute approximate surface area is 156 Å². The normalized spacial score (nSPS) is 11.9. The molecule has 8 heteroatoms. The van der Waals surface area contributed by atoms with E-state index in [4.69, 9.17) is 10.5 Å². The second kappa shape index (κ2) is 9.18. The lowest BCUT2D eigenvalue weighted by Gasteiger charge is -1.99. The topological polar surface area (TPSA) is 93.8 Å². The molecule has 2 rings (SSSR count). The van der Waals surface area contributed by atoms with Crippen molar-refractivity contribution in [2.24, 2.45) is 0 Å². The zero-order chi connectivity index (χ0) is 19.8. The highest BCUT2D eigenvalue weighted by atomic mass is 32.2. The maximum absolute atomic E-state index is 13.7. The Morgan fingerprint density at radius 2 is 1.48 bits per heavy atom. The van der Waals surface area contributed by atoms with Crippen molar-refractivity contribution < 1.29 is 17.8 Å². The minimum atomic E-state index is -1.93. The molecule has 0 radical (unpaired) electrons. The summed E-state index contributed by atoms with van der Waals surface area (Å²) in [7, 11) is -1.93. The number of hydrogen-bond donors (Lipinski definition) is 1. The van der Waals surface area contributed by atoms with Gasteiger partial charge in [0.15, 0.2) is 0 Å². The van der Waals surface area contributed by atoms with Gasteiger partial charge in [0.2, 0.25) is 0 Å². The van der Waals surface area contributed by atoms with E-state index in [0.29, 0.717) is 0 Å². The third-order valence-corrected chi connectivity index (χ3v) is 4.03. The zero-order valence-corrected chi connectivity index (χ0v) is 14.5. The number of amides is 1. The fourth-order valence-electron chi connectivity index (χ4n) is 1.93. The summed E-state index contributed by atoms with van der Waals surface area (Å²) in [4.78, 5) is 11.7. The molecule has 0 bridgehead atoms. The summed E-state index contributed by atoms with van der Waals surface area (Å²) < 4.78 is 41.3. The molecule has 0 aliphatic heterocycles. The number of halogens is 2. The third-order valence-electron chi connectivity index (χ3n) is 3.25. The van der Waals surface area contributed by atoms with Gasteiger partial charge < -0.3 is 0 Å². The monoisotopic (exact) mass is 383 g/mol. The van der Waals surface area contributed by atoms with Crippen LogP contribution in [0.15, 0.2) is 47.9 Å². The lowest BCUT2D eigenvalue weighted by atomic mass is 10.1. The van der Waals surface area contributed by atoms with Gasteiger partial charge in [-0.2, -0.15) is 10.5 Å². The number of nitrogens with one attached hydrogen (secondary N) is 1. The average Bonchev–Trinajstić information content (AvgIpc) is 2.65. The van der Waals surface area contributed by atoms with Crippen LogP contribution < -0.4 is 4.72 Å². The second-order valence-corrected chi connectivity index (χ2v) is 6.17. The standard InChI is InChI=1S/C19H11F2N3O2S/c20-17-9-13(11-22)1-3-15(17)5-6-19(25)24-27(26)8-7-16-4-2-14(12-23)10-18(16)21/h1-10H,(H,24,25)/b6-5+,8-7+. The van der Waals surface area contributed by atoms with Crippen LogP contribution in [-0.2, 0) is 15.8 Å². The van der Waals surface area contributed by atoms with E-state index < -0.39 is 28.5 Å². The quantitative estimate of drug-likeness (QED) is 0.803. The van der Waals surface area contributed by atoms with Gasteiger partial charge in [0, 0.05) is 22.6 Å². The number of hydrogen-bond acceptors (Lipinski definition) is 4. The summed E-state index contributed by atoms with van der Waals surface area (Å²) in [5, 5.41) is 18.4. The molecule has 0 spiro atoms. The highest BCUT2D eigenvalue weighted by Gasteiger charge is 2.04. The molecule has 1 atom stereocenters. The molecule has 1 N–H and O–H groups in total. The SMILES string of the molecule is N#Cc1ccc(/C=C/C(=O)NS(=O)/C=C/c2ccc(C#N)cc2F)c(F)c1. The van der Waals surface area contributed by atoms with Crippen LogP contribution in [0, 0.1) is 34.3 Å². The molecule has 0 fully saturated rings. The van der Waals surface area contributed by atoms with Crippen molar-refractivity contribution in [2.75, 3.05) is 0 Å². The van der Waals surface area contributed by atoms with Crippen LogP contribution in [0.25, 0.3) is 12.2 Å². The highest BCUT2D eigenvalue weighted by Crippen LogP contribution is 2.13. The van der Waals surface area contributed by atoms with Gasteiger partial charge in [-0.1, -0.05) is 12.1 Å². The summed E-state index contributed by atoms with van der Waals surface area (Å²) in [6.45, 7) is 0. The van der Waals surface area contributed by atoms with Crippen LogP contribution in [0.5, 0.6) is 0 Å². The Balaban J connectivity index is 1.98. The number of nitrogens with zero attached hydrogens (tertiary/aromatic N) is 2. The van der Waals surface area contributed by atoms with E-state index in [1.807, 2.05) is 0 Å². The molecule has 134 valence electrons. The number of carbonyl (C=O) groups excluding carboxylic acids is 1. The van der Waals surface area contributed by atoms with Crippen LogP contribution in [0.3, 0.4) is 0 Å². The predicted octanol–water partition coefficient (Wildman–Crippen LogP) is 3.17. The molecule has 27 heavy (non-hydrogen) atoms. The fourth-order valence-corrected chi connectivity index (χ4v) is 2.54. The lowest BCUT2D eigenvalue weighted by Crippen LogP contribution is -2.21.